The Morgan fingerprint density at radius 1 is 0.867 bits per heavy atom. The first-order chi connectivity index (χ1) is 14.4. The minimum atomic E-state index is -0.194. The van der Waals surface area contributed by atoms with Crippen LogP contribution in [0.5, 0.6) is 0 Å². The van der Waals surface area contributed by atoms with Gasteiger partial charge in [-0.05, 0) is 23.8 Å². The van der Waals surface area contributed by atoms with E-state index in [0.717, 1.165) is 11.1 Å². The van der Waals surface area contributed by atoms with Gasteiger partial charge in [-0.15, -0.1) is 0 Å². The van der Waals surface area contributed by atoms with Gasteiger partial charge < -0.3 is 9.80 Å². The molecule has 7 heteroatoms. The summed E-state index contributed by atoms with van der Waals surface area (Å²) in [5.41, 5.74) is 2.81. The zero-order valence-electron chi connectivity index (χ0n) is 16.5. The molecule has 2 aliphatic rings. The van der Waals surface area contributed by atoms with E-state index in [1.165, 1.54) is 4.90 Å². The van der Waals surface area contributed by atoms with Gasteiger partial charge in [0.1, 0.15) is 6.54 Å². The molecule has 1 saturated heterocycles. The highest BCUT2D eigenvalue weighted by Gasteiger charge is 2.33. The van der Waals surface area contributed by atoms with Gasteiger partial charge >= 0.3 is 0 Å². The minimum absolute atomic E-state index is 0.0305. The number of nitrogens with zero attached hydrogens (tertiary/aromatic N) is 3. The zero-order chi connectivity index (χ0) is 21.3. The molecular weight excluding hydrogens is 402 g/mol. The van der Waals surface area contributed by atoms with Crippen molar-refractivity contribution < 1.29 is 14.4 Å². The Morgan fingerprint density at radius 2 is 1.43 bits per heavy atom. The summed E-state index contributed by atoms with van der Waals surface area (Å²) in [4.78, 5) is 42.8. The fourth-order valence-electron chi connectivity index (χ4n) is 3.83. The van der Waals surface area contributed by atoms with Gasteiger partial charge in [-0.1, -0.05) is 48.5 Å². The van der Waals surface area contributed by atoms with Gasteiger partial charge in [0.2, 0.25) is 11.8 Å². The molecule has 1 fully saturated rings. The molecule has 3 amide bonds. The van der Waals surface area contributed by atoms with Crippen LogP contribution in [0.15, 0.2) is 55.1 Å². The Morgan fingerprint density at radius 3 is 2.03 bits per heavy atom. The molecule has 0 spiro atoms. The number of amides is 3. The van der Waals surface area contributed by atoms with E-state index in [9.17, 15) is 14.4 Å². The van der Waals surface area contributed by atoms with Crippen molar-refractivity contribution in [3.63, 3.8) is 0 Å². The van der Waals surface area contributed by atoms with Crippen molar-refractivity contribution in [2.45, 2.75) is 6.42 Å². The van der Waals surface area contributed by atoms with E-state index in [1.807, 2.05) is 24.3 Å². The summed E-state index contributed by atoms with van der Waals surface area (Å²) in [5, 5.41) is 0.639. The maximum Gasteiger partial charge on any atom is 0.259 e. The van der Waals surface area contributed by atoms with E-state index in [4.69, 9.17) is 11.6 Å². The number of benzene rings is 2. The SMILES string of the molecule is C=C1c2ccccc2C(=O)N1CC(=O)N1CCN(C(=O)Cc2ccc(Cl)cc2)CC1. The van der Waals surface area contributed by atoms with Crippen molar-refractivity contribution in [2.24, 2.45) is 0 Å². The summed E-state index contributed by atoms with van der Waals surface area (Å²) in [6.45, 7) is 5.80. The Bertz CT molecular complexity index is 976. The third-order valence-electron chi connectivity index (χ3n) is 5.59. The van der Waals surface area contributed by atoms with E-state index in [-0.39, 0.29) is 24.3 Å². The first-order valence-electron chi connectivity index (χ1n) is 9.84. The van der Waals surface area contributed by atoms with Gasteiger partial charge in [0.25, 0.3) is 5.91 Å². The van der Waals surface area contributed by atoms with E-state index < -0.39 is 0 Å². The number of carbonyl (C=O) groups is 3. The van der Waals surface area contributed by atoms with Crippen molar-refractivity contribution in [2.75, 3.05) is 32.7 Å². The van der Waals surface area contributed by atoms with Crippen LogP contribution in [0.3, 0.4) is 0 Å². The number of rotatable bonds is 4. The molecule has 2 aromatic rings. The number of fused-ring (bicyclic) bond motifs is 1. The average Bonchev–Trinajstić information content (AvgIpc) is 3.00. The summed E-state index contributed by atoms with van der Waals surface area (Å²) in [6, 6.07) is 14.5. The van der Waals surface area contributed by atoms with Crippen LogP contribution in [0.25, 0.3) is 5.70 Å². The van der Waals surface area contributed by atoms with Gasteiger partial charge in [-0.25, -0.2) is 0 Å². The Kier molecular flexibility index (Phi) is 5.59. The summed E-state index contributed by atoms with van der Waals surface area (Å²) in [5.74, 6) is -0.300. The topological polar surface area (TPSA) is 60.9 Å². The zero-order valence-corrected chi connectivity index (χ0v) is 17.3. The van der Waals surface area contributed by atoms with Crippen LogP contribution in [-0.4, -0.2) is 65.1 Å². The van der Waals surface area contributed by atoms with Crippen LogP contribution in [0.2, 0.25) is 5.02 Å². The van der Waals surface area contributed by atoms with Crippen molar-refractivity contribution in [3.05, 3.63) is 76.8 Å². The molecule has 0 atom stereocenters. The lowest BCUT2D eigenvalue weighted by Gasteiger charge is -2.35. The highest BCUT2D eigenvalue weighted by molar-refractivity contribution is 6.30. The first kappa shape index (κ1) is 20.2. The Balaban J connectivity index is 1.30. The Hall–Kier alpha value is -3.12. The minimum Gasteiger partial charge on any atom is -0.339 e. The molecular formula is C23H22ClN3O3. The van der Waals surface area contributed by atoms with Crippen LogP contribution in [-0.2, 0) is 16.0 Å². The summed E-state index contributed by atoms with van der Waals surface area (Å²) < 4.78 is 0. The average molecular weight is 424 g/mol. The third-order valence-corrected chi connectivity index (χ3v) is 5.84. The monoisotopic (exact) mass is 423 g/mol. The van der Waals surface area contributed by atoms with Crippen LogP contribution >= 0.6 is 11.6 Å². The van der Waals surface area contributed by atoms with Gasteiger partial charge in [-0.3, -0.25) is 19.3 Å². The van der Waals surface area contributed by atoms with Crippen LogP contribution < -0.4 is 0 Å². The van der Waals surface area contributed by atoms with Gasteiger partial charge in [0, 0.05) is 48.0 Å². The van der Waals surface area contributed by atoms with Gasteiger partial charge in [-0.2, -0.15) is 0 Å². The molecule has 154 valence electrons. The number of halogens is 1. The number of hydrogen-bond donors (Lipinski definition) is 0. The maximum atomic E-state index is 12.8. The van der Waals surface area contributed by atoms with Gasteiger partial charge in [0.15, 0.2) is 0 Å². The highest BCUT2D eigenvalue weighted by atomic mass is 35.5. The smallest absolute Gasteiger partial charge is 0.259 e. The van der Waals surface area contributed by atoms with E-state index in [2.05, 4.69) is 6.58 Å². The van der Waals surface area contributed by atoms with Crippen LogP contribution in [0.1, 0.15) is 21.5 Å². The molecule has 6 nitrogen and oxygen atoms in total. The first-order valence-corrected chi connectivity index (χ1v) is 10.2. The van der Waals surface area contributed by atoms with Crippen molar-refractivity contribution in [1.82, 2.24) is 14.7 Å². The molecule has 0 aliphatic carbocycles. The molecule has 0 saturated carbocycles. The predicted molar refractivity (Wildman–Crippen MR) is 115 cm³/mol. The lowest BCUT2D eigenvalue weighted by Crippen LogP contribution is -2.52. The summed E-state index contributed by atoms with van der Waals surface area (Å²) in [6.07, 6.45) is 0.311. The number of hydrogen-bond acceptors (Lipinski definition) is 3. The molecule has 2 aromatic carbocycles. The lowest BCUT2D eigenvalue weighted by molar-refractivity contribution is -0.139. The summed E-state index contributed by atoms with van der Waals surface area (Å²) >= 11 is 5.89. The number of piperazine rings is 1. The molecule has 0 radical (unpaired) electrons. The Labute approximate surface area is 180 Å². The summed E-state index contributed by atoms with van der Waals surface area (Å²) in [7, 11) is 0. The normalized spacial score (nSPS) is 16.1. The molecule has 0 N–H and O–H groups in total. The lowest BCUT2D eigenvalue weighted by atomic mass is 10.1. The fraction of sp³-hybridized carbons (Fsp3) is 0.261. The predicted octanol–water partition coefficient (Wildman–Crippen LogP) is 2.68. The van der Waals surface area contributed by atoms with E-state index in [1.54, 1.807) is 34.1 Å². The van der Waals surface area contributed by atoms with Crippen LogP contribution in [0, 0.1) is 0 Å². The van der Waals surface area contributed by atoms with Crippen molar-refractivity contribution in [1.29, 1.82) is 0 Å². The van der Waals surface area contributed by atoms with Crippen molar-refractivity contribution in [3.8, 4) is 0 Å². The molecule has 4 rings (SSSR count). The van der Waals surface area contributed by atoms with Crippen LogP contribution in [0.4, 0.5) is 0 Å². The second-order valence-corrected chi connectivity index (χ2v) is 7.88. The second kappa shape index (κ2) is 8.32. The number of carbonyl (C=O) groups excluding carboxylic acids is 3. The maximum absolute atomic E-state index is 12.8. The molecule has 0 unspecified atom stereocenters. The fourth-order valence-corrected chi connectivity index (χ4v) is 3.96. The quantitative estimate of drug-likeness (QED) is 0.759. The standard InChI is InChI=1S/C23H22ClN3O3/c1-16-19-4-2-3-5-20(19)23(30)27(16)15-22(29)26-12-10-25(11-13-26)21(28)14-17-6-8-18(24)9-7-17/h2-9H,1,10-15H2. The second-order valence-electron chi connectivity index (χ2n) is 7.45. The molecule has 2 aliphatic heterocycles. The third kappa shape index (κ3) is 3.96. The molecule has 0 aromatic heterocycles. The van der Waals surface area contributed by atoms with E-state index >= 15 is 0 Å². The molecule has 30 heavy (non-hydrogen) atoms. The van der Waals surface area contributed by atoms with E-state index in [0.29, 0.717) is 48.9 Å². The largest absolute Gasteiger partial charge is 0.339 e. The molecule has 0 bridgehead atoms. The van der Waals surface area contributed by atoms with Crippen molar-refractivity contribution >= 4 is 35.0 Å². The van der Waals surface area contributed by atoms with Gasteiger partial charge in [0.05, 0.1) is 6.42 Å². The molecule has 2 heterocycles. The highest BCUT2D eigenvalue weighted by Crippen LogP contribution is 2.30.